The van der Waals surface area contributed by atoms with Gasteiger partial charge in [-0.05, 0) is 13.0 Å². The fourth-order valence-electron chi connectivity index (χ4n) is 1.05. The van der Waals surface area contributed by atoms with Crippen LogP contribution in [0.5, 0.6) is 0 Å². The molecule has 4 heteroatoms. The van der Waals surface area contributed by atoms with Crippen LogP contribution in [0.25, 0.3) is 0 Å². The average molecular weight is 172 g/mol. The summed E-state index contributed by atoms with van der Waals surface area (Å²) in [5.74, 6) is -1.35. The monoisotopic (exact) mass is 172 g/mol. The van der Waals surface area contributed by atoms with Crippen molar-refractivity contribution in [3.05, 3.63) is 11.8 Å². The molecule has 1 heterocycles. The zero-order chi connectivity index (χ0) is 9.30. The van der Waals surface area contributed by atoms with Crippen LogP contribution in [0.1, 0.15) is 13.8 Å². The molecule has 4 nitrogen and oxygen atoms in total. The van der Waals surface area contributed by atoms with Gasteiger partial charge >= 0.3 is 5.97 Å². The van der Waals surface area contributed by atoms with Crippen LogP contribution in [-0.4, -0.2) is 28.4 Å². The lowest BCUT2D eigenvalue weighted by Gasteiger charge is -2.29. The number of carboxylic acids is 1. The van der Waals surface area contributed by atoms with Crippen LogP contribution in [-0.2, 0) is 9.53 Å². The quantitative estimate of drug-likeness (QED) is 0.599. The van der Waals surface area contributed by atoms with Crippen LogP contribution in [0, 0.1) is 5.92 Å². The fourth-order valence-corrected chi connectivity index (χ4v) is 1.05. The molecule has 68 valence electrons. The Bertz CT molecular complexity index is 221. The Morgan fingerprint density at radius 2 is 2.17 bits per heavy atom. The van der Waals surface area contributed by atoms with Crippen molar-refractivity contribution in [3.63, 3.8) is 0 Å². The number of aliphatic hydroxyl groups excluding tert-OH is 1. The first-order chi connectivity index (χ1) is 5.52. The van der Waals surface area contributed by atoms with E-state index in [9.17, 15) is 9.90 Å². The van der Waals surface area contributed by atoms with E-state index in [2.05, 4.69) is 0 Å². The van der Waals surface area contributed by atoms with Gasteiger partial charge in [0.25, 0.3) is 0 Å². The highest BCUT2D eigenvalue weighted by Crippen LogP contribution is 2.22. The first-order valence-corrected chi connectivity index (χ1v) is 3.82. The number of aliphatic carboxylic acids is 1. The molecular formula is C8H12O4. The Kier molecular flexibility index (Phi) is 2.38. The van der Waals surface area contributed by atoms with Gasteiger partial charge in [0.2, 0.25) is 5.76 Å². The Morgan fingerprint density at radius 3 is 2.58 bits per heavy atom. The van der Waals surface area contributed by atoms with Crippen molar-refractivity contribution in [1.29, 1.82) is 0 Å². The SMILES string of the molecule is CC1OC(C(=O)O)=CC(O)C1C. The van der Waals surface area contributed by atoms with E-state index >= 15 is 0 Å². The minimum atomic E-state index is -1.13. The largest absolute Gasteiger partial charge is 0.483 e. The second kappa shape index (κ2) is 3.15. The highest BCUT2D eigenvalue weighted by molar-refractivity contribution is 5.84. The van der Waals surface area contributed by atoms with Gasteiger partial charge in [0.15, 0.2) is 0 Å². The Morgan fingerprint density at radius 1 is 1.58 bits per heavy atom. The normalized spacial score (nSPS) is 35.2. The van der Waals surface area contributed by atoms with Crippen molar-refractivity contribution in [2.75, 3.05) is 0 Å². The van der Waals surface area contributed by atoms with Crippen molar-refractivity contribution >= 4 is 5.97 Å². The zero-order valence-electron chi connectivity index (χ0n) is 7.02. The van der Waals surface area contributed by atoms with Crippen molar-refractivity contribution in [2.24, 2.45) is 5.92 Å². The second-order valence-corrected chi connectivity index (χ2v) is 3.01. The summed E-state index contributed by atoms with van der Waals surface area (Å²) in [5, 5.41) is 17.9. The molecule has 0 aromatic heterocycles. The molecule has 0 amide bonds. The van der Waals surface area contributed by atoms with Crippen LogP contribution in [0.3, 0.4) is 0 Å². The summed E-state index contributed by atoms with van der Waals surface area (Å²) in [6.07, 6.45) is 0.253. The third-order valence-electron chi connectivity index (χ3n) is 2.12. The predicted octanol–water partition coefficient (Wildman–Crippen LogP) is 0.371. The number of carbonyl (C=O) groups is 1. The maximum absolute atomic E-state index is 10.4. The van der Waals surface area contributed by atoms with Crippen LogP contribution < -0.4 is 0 Å². The molecule has 0 saturated carbocycles. The van der Waals surface area contributed by atoms with E-state index in [-0.39, 0.29) is 17.8 Å². The molecule has 12 heavy (non-hydrogen) atoms. The number of ether oxygens (including phenoxy) is 1. The van der Waals surface area contributed by atoms with Gasteiger partial charge in [-0.25, -0.2) is 4.79 Å². The molecule has 0 radical (unpaired) electrons. The molecule has 0 bridgehead atoms. The van der Waals surface area contributed by atoms with E-state index in [1.807, 2.05) is 6.92 Å². The fraction of sp³-hybridized carbons (Fsp3) is 0.625. The van der Waals surface area contributed by atoms with E-state index in [1.54, 1.807) is 6.92 Å². The maximum atomic E-state index is 10.4. The van der Waals surface area contributed by atoms with Gasteiger partial charge in [0.1, 0.15) is 6.10 Å². The van der Waals surface area contributed by atoms with Crippen molar-refractivity contribution in [2.45, 2.75) is 26.1 Å². The van der Waals surface area contributed by atoms with Crippen molar-refractivity contribution < 1.29 is 19.7 Å². The van der Waals surface area contributed by atoms with Crippen LogP contribution >= 0.6 is 0 Å². The number of aliphatic hydroxyl groups is 1. The van der Waals surface area contributed by atoms with Gasteiger partial charge in [0, 0.05) is 5.92 Å². The summed E-state index contributed by atoms with van der Waals surface area (Å²) in [5.41, 5.74) is 0. The van der Waals surface area contributed by atoms with Gasteiger partial charge in [-0.15, -0.1) is 0 Å². The summed E-state index contributed by atoms with van der Waals surface area (Å²) in [6, 6.07) is 0. The lowest BCUT2D eigenvalue weighted by molar-refractivity contribution is -0.139. The summed E-state index contributed by atoms with van der Waals surface area (Å²) < 4.78 is 5.03. The van der Waals surface area contributed by atoms with Crippen LogP contribution in [0.4, 0.5) is 0 Å². The van der Waals surface area contributed by atoms with Crippen LogP contribution in [0.15, 0.2) is 11.8 Å². The molecule has 2 N–H and O–H groups in total. The summed E-state index contributed by atoms with van der Waals surface area (Å²) in [4.78, 5) is 10.4. The zero-order valence-corrected chi connectivity index (χ0v) is 7.02. The van der Waals surface area contributed by atoms with Gasteiger partial charge < -0.3 is 14.9 Å². The van der Waals surface area contributed by atoms with E-state index in [0.717, 1.165) is 0 Å². The average Bonchev–Trinajstić information content (AvgIpc) is 1.99. The number of hydrogen-bond donors (Lipinski definition) is 2. The highest BCUT2D eigenvalue weighted by Gasteiger charge is 2.29. The Balaban J connectivity index is 2.81. The number of hydrogen-bond acceptors (Lipinski definition) is 3. The Labute approximate surface area is 70.5 Å². The molecule has 1 aliphatic rings. The third kappa shape index (κ3) is 1.58. The van der Waals surface area contributed by atoms with E-state index in [1.165, 1.54) is 6.08 Å². The van der Waals surface area contributed by atoms with E-state index in [4.69, 9.17) is 9.84 Å². The Hall–Kier alpha value is -1.03. The standard InChI is InChI=1S/C8H12O4/c1-4-5(2)12-7(8(10)11)3-6(4)9/h3-6,9H,1-2H3,(H,10,11). The molecule has 3 atom stereocenters. The highest BCUT2D eigenvalue weighted by atomic mass is 16.5. The first-order valence-electron chi connectivity index (χ1n) is 3.82. The lowest BCUT2D eigenvalue weighted by atomic mass is 9.96. The molecule has 0 fully saturated rings. The van der Waals surface area contributed by atoms with E-state index in [0.29, 0.717) is 0 Å². The molecule has 1 aliphatic heterocycles. The summed E-state index contributed by atoms with van der Waals surface area (Å²) in [7, 11) is 0. The number of rotatable bonds is 1. The summed E-state index contributed by atoms with van der Waals surface area (Å²) >= 11 is 0. The molecule has 3 unspecified atom stereocenters. The van der Waals surface area contributed by atoms with Gasteiger partial charge in [-0.2, -0.15) is 0 Å². The van der Waals surface area contributed by atoms with Gasteiger partial charge in [-0.3, -0.25) is 0 Å². The van der Waals surface area contributed by atoms with Gasteiger partial charge in [0.05, 0.1) is 6.10 Å². The molecule has 0 saturated heterocycles. The van der Waals surface area contributed by atoms with Crippen LogP contribution in [0.2, 0.25) is 0 Å². The topological polar surface area (TPSA) is 66.8 Å². The minimum Gasteiger partial charge on any atom is -0.483 e. The molecule has 1 rings (SSSR count). The first kappa shape index (κ1) is 9.06. The van der Waals surface area contributed by atoms with Crippen molar-refractivity contribution in [3.8, 4) is 0 Å². The third-order valence-corrected chi connectivity index (χ3v) is 2.12. The summed E-state index contributed by atoms with van der Waals surface area (Å²) in [6.45, 7) is 3.55. The molecular weight excluding hydrogens is 160 g/mol. The lowest BCUT2D eigenvalue weighted by Crippen LogP contribution is -2.34. The molecule has 0 aromatic carbocycles. The minimum absolute atomic E-state index is 0.0619. The number of carboxylic acid groups (broad SMARTS) is 1. The second-order valence-electron chi connectivity index (χ2n) is 3.01. The molecule has 0 spiro atoms. The molecule has 0 aliphatic carbocycles. The smallest absolute Gasteiger partial charge is 0.370 e. The maximum Gasteiger partial charge on any atom is 0.370 e. The predicted molar refractivity (Wildman–Crippen MR) is 41.4 cm³/mol. The van der Waals surface area contributed by atoms with E-state index < -0.39 is 12.1 Å². The molecule has 0 aromatic rings. The van der Waals surface area contributed by atoms with Gasteiger partial charge in [-0.1, -0.05) is 6.92 Å². The van der Waals surface area contributed by atoms with Crippen molar-refractivity contribution in [1.82, 2.24) is 0 Å².